The number of benzene rings is 2. The monoisotopic (exact) mass is 508 g/mol. The highest BCUT2D eigenvalue weighted by atomic mass is 19.1. The summed E-state index contributed by atoms with van der Waals surface area (Å²) in [4.78, 5) is 41.0. The molecule has 2 aromatic carbocycles. The van der Waals surface area contributed by atoms with Crippen molar-refractivity contribution in [2.75, 3.05) is 13.7 Å². The molecule has 8 nitrogen and oxygen atoms in total. The normalized spacial score (nSPS) is 12.2. The summed E-state index contributed by atoms with van der Waals surface area (Å²) in [6.07, 6.45) is 1.16. The van der Waals surface area contributed by atoms with Gasteiger partial charge in [0, 0.05) is 31.5 Å². The lowest BCUT2D eigenvalue weighted by Crippen LogP contribution is -2.35. The van der Waals surface area contributed by atoms with Crippen LogP contribution in [0.3, 0.4) is 0 Å². The van der Waals surface area contributed by atoms with E-state index >= 15 is 0 Å². The van der Waals surface area contributed by atoms with Gasteiger partial charge >= 0.3 is 11.9 Å². The molecule has 194 valence electrons. The molecule has 0 aliphatic heterocycles. The first kappa shape index (κ1) is 27.3. The first-order valence-corrected chi connectivity index (χ1v) is 11.7. The van der Waals surface area contributed by atoms with E-state index in [1.165, 1.54) is 38.4 Å². The lowest BCUT2D eigenvalue weighted by Gasteiger charge is -2.26. The maximum absolute atomic E-state index is 13.7. The Morgan fingerprint density at radius 1 is 1.08 bits per heavy atom. The highest BCUT2D eigenvalue weighted by molar-refractivity contribution is 5.98. The number of amides is 1. The first-order valence-electron chi connectivity index (χ1n) is 11.7. The zero-order chi connectivity index (χ0) is 26.9. The molecule has 0 saturated carbocycles. The van der Waals surface area contributed by atoms with Crippen molar-refractivity contribution in [1.82, 2.24) is 10.3 Å². The second-order valence-corrected chi connectivity index (χ2v) is 8.47. The highest BCUT2D eigenvalue weighted by Gasteiger charge is 2.26. The molecule has 0 aliphatic carbocycles. The zero-order valence-electron chi connectivity index (χ0n) is 21.1. The lowest BCUT2D eigenvalue weighted by molar-refractivity contribution is -0.148. The van der Waals surface area contributed by atoms with Gasteiger partial charge < -0.3 is 19.5 Å². The third-order valence-corrected chi connectivity index (χ3v) is 5.79. The predicted octanol–water partition coefficient (Wildman–Crippen LogP) is 4.15. The van der Waals surface area contributed by atoms with Crippen LogP contribution in [0.15, 0.2) is 60.8 Å². The number of nitrogens with zero attached hydrogens (tertiary/aromatic N) is 1. The largest absolute Gasteiger partial charge is 0.493 e. The van der Waals surface area contributed by atoms with Gasteiger partial charge in [-0.2, -0.15) is 0 Å². The average Bonchev–Trinajstić information content (AvgIpc) is 2.87. The van der Waals surface area contributed by atoms with Crippen molar-refractivity contribution >= 4 is 17.8 Å². The fraction of sp³-hybridized carbons (Fsp3) is 0.286. The van der Waals surface area contributed by atoms with Crippen molar-refractivity contribution in [2.24, 2.45) is 0 Å². The van der Waals surface area contributed by atoms with Crippen molar-refractivity contribution in [3.63, 3.8) is 0 Å². The van der Waals surface area contributed by atoms with E-state index in [4.69, 9.17) is 14.2 Å². The minimum Gasteiger partial charge on any atom is -0.493 e. The number of hydrogen-bond acceptors (Lipinski definition) is 7. The number of methoxy groups -OCH3 is 1. The quantitative estimate of drug-likeness (QED) is 0.410. The molecule has 1 amide bonds. The zero-order valence-corrected chi connectivity index (χ0v) is 21.1. The van der Waals surface area contributed by atoms with Crippen LogP contribution in [0.5, 0.6) is 11.5 Å². The van der Waals surface area contributed by atoms with Gasteiger partial charge in [0.15, 0.2) is 11.4 Å². The molecule has 37 heavy (non-hydrogen) atoms. The SMILES string of the molecule is COc1ccnc(C(=O)NCC(=O)OC(Cc2ccccc2)C(C)c2ccc(F)cc2C)c1OC(C)=O. The Bertz CT molecular complexity index is 1260. The number of rotatable bonds is 10. The van der Waals surface area contributed by atoms with Gasteiger partial charge in [0.2, 0.25) is 5.75 Å². The Morgan fingerprint density at radius 3 is 2.46 bits per heavy atom. The maximum Gasteiger partial charge on any atom is 0.325 e. The van der Waals surface area contributed by atoms with Crippen molar-refractivity contribution in [2.45, 2.75) is 39.2 Å². The van der Waals surface area contributed by atoms with Crippen LogP contribution in [0.1, 0.15) is 46.9 Å². The van der Waals surface area contributed by atoms with E-state index in [2.05, 4.69) is 10.3 Å². The number of nitrogens with one attached hydrogen (secondary N) is 1. The summed E-state index contributed by atoms with van der Waals surface area (Å²) < 4.78 is 29.7. The summed E-state index contributed by atoms with van der Waals surface area (Å²) in [5.41, 5.74) is 2.35. The third-order valence-electron chi connectivity index (χ3n) is 5.79. The highest BCUT2D eigenvalue weighted by Crippen LogP contribution is 2.30. The molecular formula is C28H29FN2O6. The number of carbonyl (C=O) groups excluding carboxylic acids is 3. The van der Waals surface area contributed by atoms with Crippen LogP contribution in [-0.4, -0.2) is 42.6 Å². The molecule has 0 fully saturated rings. The van der Waals surface area contributed by atoms with E-state index in [0.717, 1.165) is 16.7 Å². The van der Waals surface area contributed by atoms with E-state index in [9.17, 15) is 18.8 Å². The molecule has 1 heterocycles. The predicted molar refractivity (Wildman–Crippen MR) is 134 cm³/mol. The van der Waals surface area contributed by atoms with Crippen LogP contribution in [0.25, 0.3) is 0 Å². The number of aromatic nitrogens is 1. The molecule has 0 radical (unpaired) electrons. The van der Waals surface area contributed by atoms with E-state index < -0.39 is 30.5 Å². The summed E-state index contributed by atoms with van der Waals surface area (Å²) in [6.45, 7) is 4.45. The van der Waals surface area contributed by atoms with Crippen LogP contribution in [0, 0.1) is 12.7 Å². The van der Waals surface area contributed by atoms with Gasteiger partial charge in [-0.15, -0.1) is 0 Å². The Hall–Kier alpha value is -4.27. The van der Waals surface area contributed by atoms with E-state index in [1.54, 1.807) is 13.0 Å². The lowest BCUT2D eigenvalue weighted by atomic mass is 9.88. The maximum atomic E-state index is 13.7. The number of halogens is 1. The minimum atomic E-state index is -0.742. The number of hydrogen-bond donors (Lipinski definition) is 1. The second kappa shape index (κ2) is 12.6. The Labute approximate surface area is 214 Å². The first-order chi connectivity index (χ1) is 17.7. The number of aryl methyl sites for hydroxylation is 1. The fourth-order valence-corrected chi connectivity index (χ4v) is 3.96. The van der Waals surface area contributed by atoms with Gasteiger partial charge in [0.05, 0.1) is 7.11 Å². The third kappa shape index (κ3) is 7.36. The second-order valence-electron chi connectivity index (χ2n) is 8.47. The minimum absolute atomic E-state index is 0.143. The van der Waals surface area contributed by atoms with Crippen molar-refractivity contribution < 1.29 is 33.0 Å². The molecule has 0 aliphatic rings. The molecule has 0 saturated heterocycles. The summed E-state index contributed by atoms with van der Waals surface area (Å²) in [7, 11) is 1.36. The Kier molecular flexibility index (Phi) is 9.32. The van der Waals surface area contributed by atoms with Crippen molar-refractivity contribution in [1.29, 1.82) is 0 Å². The fourth-order valence-electron chi connectivity index (χ4n) is 3.96. The molecule has 1 N–H and O–H groups in total. The van der Waals surface area contributed by atoms with Gasteiger partial charge in [0.25, 0.3) is 5.91 Å². The van der Waals surface area contributed by atoms with Gasteiger partial charge in [-0.05, 0) is 35.7 Å². The molecular weight excluding hydrogens is 479 g/mol. The molecule has 2 atom stereocenters. The van der Waals surface area contributed by atoms with Crippen LogP contribution in [-0.2, 0) is 20.7 Å². The summed E-state index contributed by atoms with van der Waals surface area (Å²) in [5.74, 6) is -2.67. The van der Waals surface area contributed by atoms with Gasteiger partial charge in [-0.25, -0.2) is 9.37 Å². The molecule has 3 aromatic rings. The summed E-state index contributed by atoms with van der Waals surface area (Å²) in [5, 5.41) is 2.46. The van der Waals surface area contributed by atoms with Crippen LogP contribution >= 0.6 is 0 Å². The Balaban J connectivity index is 1.75. The topological polar surface area (TPSA) is 104 Å². The van der Waals surface area contributed by atoms with Gasteiger partial charge in [0.1, 0.15) is 18.5 Å². The summed E-state index contributed by atoms with van der Waals surface area (Å²) >= 11 is 0. The van der Waals surface area contributed by atoms with Gasteiger partial charge in [-0.3, -0.25) is 14.4 Å². The Morgan fingerprint density at radius 2 is 1.81 bits per heavy atom. The van der Waals surface area contributed by atoms with E-state index in [0.29, 0.717) is 6.42 Å². The molecule has 0 spiro atoms. The van der Waals surface area contributed by atoms with Crippen LogP contribution < -0.4 is 14.8 Å². The average molecular weight is 509 g/mol. The molecule has 9 heteroatoms. The van der Waals surface area contributed by atoms with E-state index in [-0.39, 0.29) is 28.9 Å². The molecule has 2 unspecified atom stereocenters. The smallest absolute Gasteiger partial charge is 0.325 e. The van der Waals surface area contributed by atoms with Crippen LogP contribution in [0.2, 0.25) is 0 Å². The van der Waals surface area contributed by atoms with Crippen molar-refractivity contribution in [3.8, 4) is 11.5 Å². The number of ether oxygens (including phenoxy) is 3. The van der Waals surface area contributed by atoms with Crippen molar-refractivity contribution in [3.05, 3.63) is 89.0 Å². The van der Waals surface area contributed by atoms with Crippen LogP contribution in [0.4, 0.5) is 4.39 Å². The summed E-state index contributed by atoms with van der Waals surface area (Å²) in [6, 6.07) is 15.5. The standard InChI is InChI=1S/C28H29FN2O6/c1-17-14-21(29)10-11-22(17)18(2)24(15-20-8-6-5-7-9-20)37-25(33)16-31-28(34)26-27(36-19(3)32)23(35-4)12-13-30-26/h5-14,18,24H,15-16H2,1-4H3,(H,31,34). The number of carbonyl (C=O) groups is 3. The van der Waals surface area contributed by atoms with E-state index in [1.807, 2.05) is 37.3 Å². The molecule has 3 rings (SSSR count). The molecule has 1 aromatic heterocycles. The van der Waals surface area contributed by atoms with Gasteiger partial charge in [-0.1, -0.05) is 43.3 Å². The number of pyridine rings is 1. The molecule has 0 bridgehead atoms. The number of esters is 2.